The molecule has 4 rings (SSSR count). The highest BCUT2D eigenvalue weighted by atomic mass is 32.2. The van der Waals surface area contributed by atoms with Gasteiger partial charge in [0.2, 0.25) is 10.0 Å². The van der Waals surface area contributed by atoms with E-state index < -0.39 is 15.9 Å². The summed E-state index contributed by atoms with van der Waals surface area (Å²) in [6.45, 7) is 4.60. The van der Waals surface area contributed by atoms with Crippen molar-refractivity contribution in [1.29, 1.82) is 0 Å². The molecule has 1 aliphatic heterocycles. The van der Waals surface area contributed by atoms with Gasteiger partial charge in [0, 0.05) is 37.8 Å². The third-order valence-corrected chi connectivity index (χ3v) is 8.32. The van der Waals surface area contributed by atoms with Gasteiger partial charge in [-0.2, -0.15) is 9.30 Å². The summed E-state index contributed by atoms with van der Waals surface area (Å²) in [4.78, 5) is 17.6. The Morgan fingerprint density at radius 2 is 1.74 bits per heavy atom. The molecule has 10 heteroatoms. The lowest BCUT2D eigenvalue weighted by Gasteiger charge is -2.20. The van der Waals surface area contributed by atoms with E-state index in [1.807, 2.05) is 23.7 Å². The maximum atomic E-state index is 12.7. The normalized spacial score (nSPS) is 14.6. The number of fused-ring (bicyclic) bond motifs is 2. The van der Waals surface area contributed by atoms with E-state index in [4.69, 9.17) is 9.47 Å². The van der Waals surface area contributed by atoms with Crippen LogP contribution >= 0.6 is 11.3 Å². The molecule has 0 aliphatic carbocycles. The molecule has 0 bridgehead atoms. The van der Waals surface area contributed by atoms with Crippen LogP contribution in [0.5, 0.6) is 11.5 Å². The van der Waals surface area contributed by atoms with Gasteiger partial charge in [-0.3, -0.25) is 4.79 Å². The fourth-order valence-electron chi connectivity index (χ4n) is 3.14. The Hall–Kier alpha value is -2.69. The summed E-state index contributed by atoms with van der Waals surface area (Å²) in [5.41, 5.74) is 1.20. The van der Waals surface area contributed by atoms with Gasteiger partial charge in [-0.15, -0.1) is 0 Å². The first kappa shape index (κ1) is 21.5. The molecule has 0 atom stereocenters. The van der Waals surface area contributed by atoms with E-state index in [-0.39, 0.29) is 10.9 Å². The van der Waals surface area contributed by atoms with Crippen LogP contribution in [0.1, 0.15) is 24.2 Å². The number of amides is 1. The minimum Gasteiger partial charge on any atom is -0.486 e. The maximum Gasteiger partial charge on any atom is 0.279 e. The molecule has 164 valence electrons. The summed E-state index contributed by atoms with van der Waals surface area (Å²) in [5, 5.41) is 0. The lowest BCUT2D eigenvalue weighted by molar-refractivity contribution is 0.0998. The van der Waals surface area contributed by atoms with E-state index in [2.05, 4.69) is 4.99 Å². The molecule has 0 saturated heterocycles. The monoisotopic (exact) mass is 461 g/mol. The van der Waals surface area contributed by atoms with Crippen LogP contribution in [0.3, 0.4) is 0 Å². The molecule has 1 aliphatic rings. The summed E-state index contributed by atoms with van der Waals surface area (Å²) >= 11 is 1.37. The van der Waals surface area contributed by atoms with Crippen LogP contribution < -0.4 is 14.3 Å². The van der Waals surface area contributed by atoms with Crippen molar-refractivity contribution in [3.8, 4) is 11.5 Å². The zero-order chi connectivity index (χ0) is 22.3. The second kappa shape index (κ2) is 8.10. The summed E-state index contributed by atoms with van der Waals surface area (Å²) in [7, 11) is -0.243. The topological polar surface area (TPSA) is 90.2 Å². The van der Waals surface area contributed by atoms with Crippen LogP contribution in [-0.4, -0.2) is 49.5 Å². The van der Waals surface area contributed by atoms with Gasteiger partial charge in [-0.1, -0.05) is 11.3 Å². The maximum absolute atomic E-state index is 12.7. The smallest absolute Gasteiger partial charge is 0.279 e. The van der Waals surface area contributed by atoms with Crippen molar-refractivity contribution in [2.75, 3.05) is 20.3 Å². The number of hydrogen-bond acceptors (Lipinski definition) is 6. The first-order chi connectivity index (χ1) is 14.7. The molecule has 0 spiro atoms. The summed E-state index contributed by atoms with van der Waals surface area (Å²) in [6, 6.07) is 9.45. The third kappa shape index (κ3) is 3.98. The number of aromatic nitrogens is 1. The van der Waals surface area contributed by atoms with Crippen molar-refractivity contribution < 1.29 is 22.7 Å². The van der Waals surface area contributed by atoms with Gasteiger partial charge in [0.1, 0.15) is 13.2 Å². The molecule has 0 fully saturated rings. The van der Waals surface area contributed by atoms with Gasteiger partial charge >= 0.3 is 0 Å². The quantitative estimate of drug-likeness (QED) is 0.596. The molecule has 31 heavy (non-hydrogen) atoms. The number of rotatable bonds is 4. The summed E-state index contributed by atoms with van der Waals surface area (Å²) in [5.74, 6) is 0.912. The van der Waals surface area contributed by atoms with Gasteiger partial charge < -0.3 is 14.0 Å². The first-order valence-corrected chi connectivity index (χ1v) is 12.0. The van der Waals surface area contributed by atoms with Crippen molar-refractivity contribution in [2.24, 2.45) is 12.0 Å². The lowest BCUT2D eigenvalue weighted by Crippen LogP contribution is -2.33. The molecule has 2 heterocycles. The molecule has 0 saturated carbocycles. The van der Waals surface area contributed by atoms with Gasteiger partial charge in [-0.25, -0.2) is 8.42 Å². The van der Waals surface area contributed by atoms with Crippen molar-refractivity contribution in [3.05, 3.63) is 46.8 Å². The van der Waals surface area contributed by atoms with E-state index in [1.165, 1.54) is 47.0 Å². The lowest BCUT2D eigenvalue weighted by atomic mass is 10.2. The van der Waals surface area contributed by atoms with Gasteiger partial charge in [-0.05, 0) is 38.1 Å². The number of ether oxygens (including phenoxy) is 2. The Kier molecular flexibility index (Phi) is 5.63. The Morgan fingerprint density at radius 1 is 1.13 bits per heavy atom. The molecule has 2 aromatic carbocycles. The van der Waals surface area contributed by atoms with Crippen molar-refractivity contribution in [1.82, 2.24) is 8.87 Å². The molecule has 0 N–H and O–H groups in total. The molecular formula is C21H23N3O5S2. The number of sulfonamides is 1. The minimum atomic E-state index is -3.61. The molecular weight excluding hydrogens is 438 g/mol. The highest BCUT2D eigenvalue weighted by Crippen LogP contribution is 2.35. The SMILES string of the molecule is CC(C)N(C)S(=O)(=O)c1ccc(C(=O)N=c2sc3cc4c(cc3n2C)OCCO4)cc1. The second-order valence-electron chi connectivity index (χ2n) is 7.46. The standard InChI is InChI=1S/C21H23N3O5S2/c1-13(2)24(4)31(26,27)15-7-5-14(6-8-15)20(25)22-21-23(3)16-11-17-18(12-19(16)30-21)29-10-9-28-17/h5-8,11-13H,9-10H2,1-4H3. The number of carbonyl (C=O) groups excluding carboxylic acids is 1. The fraction of sp³-hybridized carbons (Fsp3) is 0.333. The predicted molar refractivity (Wildman–Crippen MR) is 118 cm³/mol. The van der Waals surface area contributed by atoms with Crippen molar-refractivity contribution in [3.63, 3.8) is 0 Å². The van der Waals surface area contributed by atoms with Gasteiger partial charge in [0.05, 0.1) is 15.1 Å². The zero-order valence-electron chi connectivity index (χ0n) is 17.7. The van der Waals surface area contributed by atoms with Crippen LogP contribution in [0.25, 0.3) is 10.2 Å². The summed E-state index contributed by atoms with van der Waals surface area (Å²) < 4.78 is 40.5. The number of hydrogen-bond donors (Lipinski definition) is 0. The largest absolute Gasteiger partial charge is 0.486 e. The van der Waals surface area contributed by atoms with E-state index in [0.29, 0.717) is 35.1 Å². The first-order valence-electron chi connectivity index (χ1n) is 9.75. The molecule has 1 aromatic heterocycles. The number of nitrogens with zero attached hydrogens (tertiary/aromatic N) is 3. The average molecular weight is 462 g/mol. The number of aryl methyl sites for hydroxylation is 1. The average Bonchev–Trinajstić information content (AvgIpc) is 3.05. The zero-order valence-corrected chi connectivity index (χ0v) is 19.3. The highest BCUT2D eigenvalue weighted by Gasteiger charge is 2.23. The Balaban J connectivity index is 1.66. The van der Waals surface area contributed by atoms with Crippen LogP contribution in [0.2, 0.25) is 0 Å². The third-order valence-electron chi connectivity index (χ3n) is 5.18. The fourth-order valence-corrected chi connectivity index (χ4v) is 5.53. The van der Waals surface area contributed by atoms with E-state index in [1.54, 1.807) is 13.8 Å². The van der Waals surface area contributed by atoms with E-state index in [0.717, 1.165) is 10.2 Å². The Bertz CT molecular complexity index is 1320. The number of benzene rings is 2. The minimum absolute atomic E-state index is 0.137. The van der Waals surface area contributed by atoms with Crippen LogP contribution in [0.15, 0.2) is 46.3 Å². The van der Waals surface area contributed by atoms with Crippen LogP contribution in [0, 0.1) is 0 Å². The number of carbonyl (C=O) groups is 1. The van der Waals surface area contributed by atoms with E-state index >= 15 is 0 Å². The predicted octanol–water partition coefficient (Wildman–Crippen LogP) is 2.78. The number of thiazole rings is 1. The van der Waals surface area contributed by atoms with Crippen molar-refractivity contribution in [2.45, 2.75) is 24.8 Å². The van der Waals surface area contributed by atoms with Crippen LogP contribution in [-0.2, 0) is 17.1 Å². The Labute approximate surface area is 184 Å². The summed E-state index contributed by atoms with van der Waals surface area (Å²) in [6.07, 6.45) is 0. The van der Waals surface area contributed by atoms with Crippen LogP contribution in [0.4, 0.5) is 0 Å². The molecule has 0 radical (unpaired) electrons. The molecule has 3 aromatic rings. The van der Waals surface area contributed by atoms with E-state index in [9.17, 15) is 13.2 Å². The highest BCUT2D eigenvalue weighted by molar-refractivity contribution is 7.89. The van der Waals surface area contributed by atoms with Crippen molar-refractivity contribution >= 4 is 37.5 Å². The second-order valence-corrected chi connectivity index (χ2v) is 10.5. The Morgan fingerprint density at radius 3 is 2.35 bits per heavy atom. The molecule has 8 nitrogen and oxygen atoms in total. The van der Waals surface area contributed by atoms with Gasteiger partial charge in [0.25, 0.3) is 5.91 Å². The molecule has 1 amide bonds. The molecule has 0 unspecified atom stereocenters. The van der Waals surface area contributed by atoms with Gasteiger partial charge in [0.15, 0.2) is 16.3 Å².